The van der Waals surface area contributed by atoms with Crippen LogP contribution in [-0.2, 0) is 39.8 Å². The molecule has 0 aliphatic carbocycles. The van der Waals surface area contributed by atoms with E-state index in [9.17, 15) is 19.5 Å². The van der Waals surface area contributed by atoms with Gasteiger partial charge >= 0.3 is 5.97 Å². The maximum absolute atomic E-state index is 15.0. The van der Waals surface area contributed by atoms with Crippen molar-refractivity contribution in [1.82, 2.24) is 15.1 Å². The lowest BCUT2D eigenvalue weighted by Crippen LogP contribution is -2.59. The molecule has 11 nitrogen and oxygen atoms in total. The molecule has 0 saturated carbocycles. The zero-order valence-electron chi connectivity index (χ0n) is 29.7. The summed E-state index contributed by atoms with van der Waals surface area (Å²) in [4.78, 5) is 61.1. The van der Waals surface area contributed by atoms with E-state index in [-0.39, 0.29) is 31.4 Å². The number of rotatable bonds is 11. The van der Waals surface area contributed by atoms with Crippen LogP contribution in [0.2, 0.25) is 0 Å². The van der Waals surface area contributed by atoms with Gasteiger partial charge < -0.3 is 34.4 Å². The number of esters is 1. The van der Waals surface area contributed by atoms with Crippen molar-refractivity contribution in [2.24, 2.45) is 11.8 Å². The predicted molar refractivity (Wildman–Crippen MR) is 197 cm³/mol. The average molecular weight is 779 g/mol. The number of aliphatic hydroxyl groups excluding tert-OH is 1. The molecule has 0 radical (unpaired) electrons. The molecule has 12 heteroatoms. The van der Waals surface area contributed by atoms with E-state index in [0.29, 0.717) is 29.4 Å². The van der Waals surface area contributed by atoms with E-state index in [2.05, 4.69) is 28.2 Å². The molecule has 6 rings (SSSR count). The Hall–Kier alpha value is -3.84. The van der Waals surface area contributed by atoms with E-state index in [1.807, 2.05) is 72.8 Å². The topological polar surface area (TPSA) is 135 Å². The summed E-state index contributed by atoms with van der Waals surface area (Å²) in [5.41, 5.74) is 0.0408. The molecule has 278 valence electrons. The number of carbonyl (C=O) groups is 4. The first-order chi connectivity index (χ1) is 25.2. The quantitative estimate of drug-likeness (QED) is 0.197. The fourth-order valence-corrected chi connectivity index (χ4v) is 8.92. The second kappa shape index (κ2) is 16.9. The molecule has 4 aliphatic rings. The van der Waals surface area contributed by atoms with Gasteiger partial charge in [-0.1, -0.05) is 109 Å². The molecule has 2 saturated heterocycles. The Morgan fingerprint density at radius 2 is 1.73 bits per heavy atom. The van der Waals surface area contributed by atoms with Gasteiger partial charge in [0.15, 0.2) is 0 Å². The Morgan fingerprint density at radius 3 is 2.42 bits per heavy atom. The summed E-state index contributed by atoms with van der Waals surface area (Å²) in [6.45, 7) is 2.45. The number of hydrogen-bond acceptors (Lipinski definition) is 8. The van der Waals surface area contributed by atoms with Crippen LogP contribution in [0.4, 0.5) is 0 Å². The molecule has 52 heavy (non-hydrogen) atoms. The lowest BCUT2D eigenvalue weighted by molar-refractivity contribution is -0.163. The monoisotopic (exact) mass is 777 g/mol. The SMILES string of the molecule is CCCCCN1C/C=C\CCC(=O)N[C@@H](COC)[C@H](c2ccccc2)OC(=O)[C@H]2[C@@H]3O[C@@]4(C=C3Br)[C@@H]2C(=O)N([C@@H](CO)Cc2ccccc2)[C@@H]4C1=O. The van der Waals surface area contributed by atoms with Gasteiger partial charge in [-0.2, -0.15) is 0 Å². The number of aliphatic hydroxyl groups is 1. The van der Waals surface area contributed by atoms with Crippen molar-refractivity contribution in [3.63, 3.8) is 0 Å². The van der Waals surface area contributed by atoms with E-state index >= 15 is 4.79 Å². The van der Waals surface area contributed by atoms with E-state index in [1.165, 1.54) is 12.0 Å². The molecular weight excluding hydrogens is 730 g/mol. The van der Waals surface area contributed by atoms with Gasteiger partial charge in [-0.05, 0) is 36.5 Å². The van der Waals surface area contributed by atoms with Crippen molar-refractivity contribution < 1.29 is 38.5 Å². The number of unbranched alkanes of at least 4 members (excludes halogenated alkanes) is 2. The molecule has 4 heterocycles. The normalized spacial score (nSPS) is 30.5. The van der Waals surface area contributed by atoms with Gasteiger partial charge in [0.1, 0.15) is 29.8 Å². The minimum absolute atomic E-state index is 0.0592. The minimum atomic E-state index is -1.49. The molecule has 0 unspecified atom stereocenters. The van der Waals surface area contributed by atoms with Gasteiger partial charge in [0, 0.05) is 31.1 Å². The number of fused-ring (bicyclic) bond motifs is 2. The highest BCUT2D eigenvalue weighted by atomic mass is 79.9. The lowest BCUT2D eigenvalue weighted by Gasteiger charge is -2.39. The number of amides is 3. The van der Waals surface area contributed by atoms with E-state index in [1.54, 1.807) is 11.0 Å². The Bertz CT molecular complexity index is 1650. The summed E-state index contributed by atoms with van der Waals surface area (Å²) in [5, 5.41) is 13.9. The van der Waals surface area contributed by atoms with Crippen molar-refractivity contribution in [3.05, 3.63) is 94.5 Å². The van der Waals surface area contributed by atoms with Crippen LogP contribution in [0.15, 0.2) is 83.4 Å². The molecule has 2 aromatic rings. The summed E-state index contributed by atoms with van der Waals surface area (Å²) in [6, 6.07) is 16.0. The fourth-order valence-electron chi connectivity index (χ4n) is 8.18. The van der Waals surface area contributed by atoms with Crippen molar-refractivity contribution in [2.45, 2.75) is 81.4 Å². The number of methoxy groups -OCH3 is 1. The summed E-state index contributed by atoms with van der Waals surface area (Å²) in [7, 11) is 1.51. The second-order valence-corrected chi connectivity index (χ2v) is 14.9. The number of carbonyl (C=O) groups excluding carboxylic acids is 4. The van der Waals surface area contributed by atoms with Gasteiger partial charge in [-0.3, -0.25) is 19.2 Å². The minimum Gasteiger partial charge on any atom is -0.455 e. The molecule has 8 atom stereocenters. The van der Waals surface area contributed by atoms with Crippen molar-refractivity contribution in [3.8, 4) is 0 Å². The number of cyclic esters (lactones) is 1. The number of ether oxygens (including phenoxy) is 3. The average Bonchev–Trinajstić information content (AvgIpc) is 3.75. The van der Waals surface area contributed by atoms with Crippen LogP contribution in [0.25, 0.3) is 0 Å². The zero-order valence-corrected chi connectivity index (χ0v) is 31.3. The van der Waals surface area contributed by atoms with Crippen LogP contribution >= 0.6 is 15.9 Å². The number of nitrogens with one attached hydrogen (secondary N) is 1. The standard InChI is InChI=1S/C40H48BrN3O8/c1-3-4-13-20-43-21-14-7-12-19-31(46)42-30(25-50-2)34(27-17-10-6-11-18-27)51-39(49)32-33-37(47)44(28(24-45)22-26-15-8-5-9-16-26)36(38(43)48)40(33)23-29(41)35(32)52-40/h5-11,14-18,23,28,30,32-36,45H,3-4,12-13,19-22,24-25H2,1-2H3,(H,42,46)/b14-7-/t28-,30+,32-,33+,34+,35-,36-,40+/m1/s1. The lowest BCUT2D eigenvalue weighted by atomic mass is 9.74. The molecule has 5 bridgehead atoms. The highest BCUT2D eigenvalue weighted by Gasteiger charge is 2.75. The molecule has 2 fully saturated rings. The number of nitrogens with zero attached hydrogens (tertiary/aromatic N) is 2. The summed E-state index contributed by atoms with van der Waals surface area (Å²) >= 11 is 3.63. The first-order valence-corrected chi connectivity index (χ1v) is 19.0. The Balaban J connectivity index is 1.47. The van der Waals surface area contributed by atoms with Gasteiger partial charge in [-0.25, -0.2) is 0 Å². The third kappa shape index (κ3) is 7.48. The third-order valence-corrected chi connectivity index (χ3v) is 11.3. The van der Waals surface area contributed by atoms with Crippen LogP contribution in [0.3, 0.4) is 0 Å². The Morgan fingerprint density at radius 1 is 1.00 bits per heavy atom. The van der Waals surface area contributed by atoms with Crippen LogP contribution in [0.1, 0.15) is 56.3 Å². The molecular formula is C40H48BrN3O8. The zero-order chi connectivity index (χ0) is 36.8. The smallest absolute Gasteiger partial charge is 0.313 e. The highest BCUT2D eigenvalue weighted by molar-refractivity contribution is 9.11. The number of benzene rings is 2. The van der Waals surface area contributed by atoms with Crippen molar-refractivity contribution >= 4 is 39.6 Å². The first kappa shape index (κ1) is 37.9. The number of halogens is 1. The predicted octanol–water partition coefficient (Wildman–Crippen LogP) is 4.25. The molecule has 1 spiro atoms. The summed E-state index contributed by atoms with van der Waals surface area (Å²) < 4.78 is 19.1. The van der Waals surface area contributed by atoms with Crippen LogP contribution < -0.4 is 5.32 Å². The summed E-state index contributed by atoms with van der Waals surface area (Å²) in [5.74, 6) is -3.91. The van der Waals surface area contributed by atoms with Gasteiger partial charge in [0.05, 0.1) is 31.2 Å². The maximum atomic E-state index is 15.0. The van der Waals surface area contributed by atoms with Gasteiger partial charge in [0.25, 0.3) is 0 Å². The van der Waals surface area contributed by atoms with Crippen LogP contribution in [0.5, 0.6) is 0 Å². The van der Waals surface area contributed by atoms with Gasteiger partial charge in [-0.15, -0.1) is 0 Å². The molecule has 3 amide bonds. The van der Waals surface area contributed by atoms with Gasteiger partial charge in [0.2, 0.25) is 17.7 Å². The Kier molecular flexibility index (Phi) is 12.3. The molecule has 2 aromatic carbocycles. The third-order valence-electron chi connectivity index (χ3n) is 10.6. The van der Waals surface area contributed by atoms with Crippen LogP contribution in [0, 0.1) is 11.8 Å². The van der Waals surface area contributed by atoms with Crippen molar-refractivity contribution in [2.75, 3.05) is 33.4 Å². The largest absolute Gasteiger partial charge is 0.455 e. The fraction of sp³-hybridized carbons (Fsp3) is 0.500. The molecule has 2 N–H and O–H groups in total. The van der Waals surface area contributed by atoms with Crippen molar-refractivity contribution in [1.29, 1.82) is 0 Å². The molecule has 0 aromatic heterocycles. The number of likely N-dealkylation sites (tertiary alicyclic amines) is 1. The van der Waals surface area contributed by atoms with E-state index in [4.69, 9.17) is 14.2 Å². The summed E-state index contributed by atoms with van der Waals surface area (Å²) in [6.07, 6.45) is 7.22. The number of hydrogen-bond donors (Lipinski definition) is 2. The van der Waals surface area contributed by atoms with Crippen LogP contribution in [-0.4, -0.2) is 102 Å². The number of allylic oxidation sites excluding steroid dienone is 1. The maximum Gasteiger partial charge on any atom is 0.313 e. The van der Waals surface area contributed by atoms with E-state index in [0.717, 1.165) is 24.8 Å². The highest BCUT2D eigenvalue weighted by Crippen LogP contribution is 2.59. The molecule has 4 aliphatic heterocycles. The first-order valence-electron chi connectivity index (χ1n) is 18.2. The second-order valence-electron chi connectivity index (χ2n) is 14.0. The van der Waals surface area contributed by atoms with E-state index < -0.39 is 66.3 Å². The Labute approximate surface area is 313 Å².